The number of likely N-dealkylation sites (N-methyl/N-ethyl adjacent to an activating group) is 1. The van der Waals surface area contributed by atoms with Crippen molar-refractivity contribution in [3.05, 3.63) is 30.5 Å². The highest BCUT2D eigenvalue weighted by molar-refractivity contribution is 5.97. The Morgan fingerprint density at radius 1 is 1.37 bits per heavy atom. The number of likely N-dealkylation sites (tertiary alicyclic amines) is 1. The average molecular weight is 259 g/mol. The largest absolute Gasteiger partial charge is 0.336 e. The van der Waals surface area contributed by atoms with Crippen LogP contribution in [0.1, 0.15) is 23.3 Å². The molecule has 2 aromatic rings. The molecule has 100 valence electrons. The van der Waals surface area contributed by atoms with Gasteiger partial charge in [0.25, 0.3) is 5.91 Å². The molecule has 2 aromatic heterocycles. The summed E-state index contributed by atoms with van der Waals surface area (Å²) in [6.45, 7) is 1.53. The van der Waals surface area contributed by atoms with Crippen molar-refractivity contribution in [1.29, 1.82) is 0 Å². The van der Waals surface area contributed by atoms with Crippen molar-refractivity contribution in [2.75, 3.05) is 20.1 Å². The van der Waals surface area contributed by atoms with Gasteiger partial charge in [0.1, 0.15) is 0 Å². The quantitative estimate of drug-likeness (QED) is 0.855. The molecule has 1 aliphatic rings. The lowest BCUT2D eigenvalue weighted by atomic mass is 10.1. The number of carbonyl (C=O) groups is 1. The molecule has 1 fully saturated rings. The molecule has 0 radical (unpaired) electrons. The fourth-order valence-corrected chi connectivity index (χ4v) is 2.55. The molecule has 19 heavy (non-hydrogen) atoms. The van der Waals surface area contributed by atoms with Gasteiger partial charge < -0.3 is 14.6 Å². The molecule has 3 rings (SSSR count). The van der Waals surface area contributed by atoms with Crippen LogP contribution in [-0.2, 0) is 0 Å². The standard InChI is InChI=1S/C13H17N5O/c1-14-10-3-2-6-18(9-10)13(19)11-12-16-5-8-17(12)7-4-15-11/h4-5,7-8,10,14H,2-3,6,9H2,1H3. The monoisotopic (exact) mass is 259 g/mol. The first-order valence-corrected chi connectivity index (χ1v) is 6.54. The maximum atomic E-state index is 12.6. The molecule has 0 aliphatic carbocycles. The van der Waals surface area contributed by atoms with Gasteiger partial charge in [-0.1, -0.05) is 0 Å². The summed E-state index contributed by atoms with van der Waals surface area (Å²) in [5.41, 5.74) is 1.06. The molecule has 1 atom stereocenters. The Morgan fingerprint density at radius 2 is 2.16 bits per heavy atom. The molecular formula is C13H17N5O. The molecule has 6 nitrogen and oxygen atoms in total. The molecule has 1 aliphatic heterocycles. The number of carbonyl (C=O) groups excluding carboxylic acids is 1. The van der Waals surface area contributed by atoms with Gasteiger partial charge in [-0.25, -0.2) is 9.97 Å². The molecule has 0 aromatic carbocycles. The highest BCUT2D eigenvalue weighted by atomic mass is 16.2. The zero-order valence-corrected chi connectivity index (χ0v) is 10.9. The molecule has 3 heterocycles. The van der Waals surface area contributed by atoms with Crippen molar-refractivity contribution in [3.63, 3.8) is 0 Å². The summed E-state index contributed by atoms with van der Waals surface area (Å²) >= 11 is 0. The Labute approximate surface area is 111 Å². The van der Waals surface area contributed by atoms with Gasteiger partial charge >= 0.3 is 0 Å². The zero-order chi connectivity index (χ0) is 13.2. The maximum Gasteiger partial charge on any atom is 0.276 e. The summed E-state index contributed by atoms with van der Waals surface area (Å²) < 4.78 is 1.82. The van der Waals surface area contributed by atoms with E-state index in [-0.39, 0.29) is 5.91 Å². The Hall–Kier alpha value is -1.95. The van der Waals surface area contributed by atoms with E-state index in [2.05, 4.69) is 15.3 Å². The molecule has 1 unspecified atom stereocenters. The molecule has 1 amide bonds. The second-order valence-corrected chi connectivity index (χ2v) is 4.81. The summed E-state index contributed by atoms with van der Waals surface area (Å²) in [5.74, 6) is -0.0308. The van der Waals surface area contributed by atoms with E-state index in [1.54, 1.807) is 18.6 Å². The lowest BCUT2D eigenvalue weighted by Gasteiger charge is -2.32. The zero-order valence-electron chi connectivity index (χ0n) is 10.9. The maximum absolute atomic E-state index is 12.6. The first kappa shape index (κ1) is 12.1. The van der Waals surface area contributed by atoms with Crippen LogP contribution in [0.4, 0.5) is 0 Å². The normalized spacial score (nSPS) is 19.8. The van der Waals surface area contributed by atoms with E-state index < -0.39 is 0 Å². The van der Waals surface area contributed by atoms with Gasteiger partial charge in [-0.2, -0.15) is 0 Å². The predicted octanol–water partition coefficient (Wildman–Crippen LogP) is 0.553. The fraction of sp³-hybridized carbons (Fsp3) is 0.462. The van der Waals surface area contributed by atoms with Crippen LogP contribution < -0.4 is 5.32 Å². The van der Waals surface area contributed by atoms with Crippen molar-refractivity contribution in [2.45, 2.75) is 18.9 Å². The van der Waals surface area contributed by atoms with Gasteiger partial charge in [0, 0.05) is 43.9 Å². The van der Waals surface area contributed by atoms with E-state index in [1.807, 2.05) is 22.5 Å². The van der Waals surface area contributed by atoms with Crippen LogP contribution in [0, 0.1) is 0 Å². The third-order valence-corrected chi connectivity index (χ3v) is 3.63. The second-order valence-electron chi connectivity index (χ2n) is 4.81. The number of aromatic nitrogens is 3. The van der Waals surface area contributed by atoms with Crippen molar-refractivity contribution in [3.8, 4) is 0 Å². The Morgan fingerprint density at radius 3 is 2.95 bits per heavy atom. The van der Waals surface area contributed by atoms with Crippen molar-refractivity contribution in [2.24, 2.45) is 0 Å². The Balaban J connectivity index is 1.89. The minimum atomic E-state index is -0.0308. The number of hydrogen-bond acceptors (Lipinski definition) is 4. The molecule has 0 bridgehead atoms. The van der Waals surface area contributed by atoms with Crippen LogP contribution >= 0.6 is 0 Å². The second kappa shape index (κ2) is 4.97. The number of imidazole rings is 1. The minimum absolute atomic E-state index is 0.0308. The third-order valence-electron chi connectivity index (χ3n) is 3.63. The van der Waals surface area contributed by atoms with Crippen LogP contribution in [0.15, 0.2) is 24.8 Å². The molecule has 6 heteroatoms. The Kier molecular flexibility index (Phi) is 3.16. The highest BCUT2D eigenvalue weighted by Gasteiger charge is 2.25. The molecule has 0 spiro atoms. The lowest BCUT2D eigenvalue weighted by Crippen LogP contribution is -2.47. The lowest BCUT2D eigenvalue weighted by molar-refractivity contribution is 0.0693. The topological polar surface area (TPSA) is 62.5 Å². The smallest absolute Gasteiger partial charge is 0.276 e. The van der Waals surface area contributed by atoms with E-state index >= 15 is 0 Å². The van der Waals surface area contributed by atoms with Crippen LogP contribution in [0.2, 0.25) is 0 Å². The van der Waals surface area contributed by atoms with Crippen LogP contribution in [0.3, 0.4) is 0 Å². The van der Waals surface area contributed by atoms with Gasteiger partial charge in [0.2, 0.25) is 0 Å². The van der Waals surface area contributed by atoms with E-state index in [0.29, 0.717) is 17.4 Å². The number of amides is 1. The van der Waals surface area contributed by atoms with E-state index in [9.17, 15) is 4.79 Å². The van der Waals surface area contributed by atoms with Crippen LogP contribution in [0.25, 0.3) is 5.65 Å². The third kappa shape index (κ3) is 2.19. The fourth-order valence-electron chi connectivity index (χ4n) is 2.55. The van der Waals surface area contributed by atoms with E-state index in [1.165, 1.54) is 0 Å². The Bertz CT molecular complexity index is 593. The summed E-state index contributed by atoms with van der Waals surface area (Å²) in [4.78, 5) is 22.8. The van der Waals surface area contributed by atoms with Gasteiger partial charge in [0.15, 0.2) is 11.3 Å². The van der Waals surface area contributed by atoms with Crippen molar-refractivity contribution < 1.29 is 4.79 Å². The number of nitrogens with one attached hydrogen (secondary N) is 1. The number of nitrogens with zero attached hydrogens (tertiary/aromatic N) is 4. The first-order chi connectivity index (χ1) is 9.29. The number of hydrogen-bond donors (Lipinski definition) is 1. The number of rotatable bonds is 2. The highest BCUT2D eigenvalue weighted by Crippen LogP contribution is 2.14. The summed E-state index contributed by atoms with van der Waals surface area (Å²) in [7, 11) is 1.94. The minimum Gasteiger partial charge on any atom is -0.336 e. The van der Waals surface area contributed by atoms with Gasteiger partial charge in [-0.3, -0.25) is 4.79 Å². The first-order valence-electron chi connectivity index (χ1n) is 6.54. The summed E-state index contributed by atoms with van der Waals surface area (Å²) in [5, 5.41) is 3.24. The van der Waals surface area contributed by atoms with Crippen LogP contribution in [0.5, 0.6) is 0 Å². The molecule has 0 saturated carbocycles. The molecule has 1 N–H and O–H groups in total. The van der Waals surface area contributed by atoms with Crippen molar-refractivity contribution >= 4 is 11.6 Å². The van der Waals surface area contributed by atoms with E-state index in [0.717, 1.165) is 25.9 Å². The van der Waals surface area contributed by atoms with E-state index in [4.69, 9.17) is 0 Å². The molecule has 1 saturated heterocycles. The van der Waals surface area contributed by atoms with Crippen molar-refractivity contribution in [1.82, 2.24) is 24.6 Å². The summed E-state index contributed by atoms with van der Waals surface area (Å²) in [6, 6.07) is 0.372. The SMILES string of the molecule is CNC1CCCN(C(=O)c2nccn3ccnc23)C1. The summed E-state index contributed by atoms with van der Waals surface area (Å²) in [6.07, 6.45) is 9.07. The number of piperidine rings is 1. The van der Waals surface area contributed by atoms with Gasteiger partial charge in [-0.05, 0) is 19.9 Å². The number of fused-ring (bicyclic) bond motifs is 1. The van der Waals surface area contributed by atoms with Gasteiger partial charge in [-0.15, -0.1) is 0 Å². The average Bonchev–Trinajstić information content (AvgIpc) is 2.95. The van der Waals surface area contributed by atoms with Crippen LogP contribution in [-0.4, -0.2) is 51.4 Å². The molecular weight excluding hydrogens is 242 g/mol. The predicted molar refractivity (Wildman–Crippen MR) is 71.0 cm³/mol. The van der Waals surface area contributed by atoms with Gasteiger partial charge in [0.05, 0.1) is 0 Å².